The fourth-order valence-corrected chi connectivity index (χ4v) is 2.05. The van der Waals surface area contributed by atoms with Crippen LogP contribution >= 0.6 is 0 Å². The van der Waals surface area contributed by atoms with Crippen molar-refractivity contribution < 1.29 is 14.3 Å². The van der Waals surface area contributed by atoms with E-state index in [4.69, 9.17) is 10.5 Å². The van der Waals surface area contributed by atoms with Gasteiger partial charge in [0.15, 0.2) is 0 Å². The zero-order valence-electron chi connectivity index (χ0n) is 12.9. The number of hydrogen-bond donors (Lipinski definition) is 1. The number of rotatable bonds is 5. The molecule has 0 aromatic carbocycles. The summed E-state index contributed by atoms with van der Waals surface area (Å²) in [7, 11) is 0. The normalized spacial score (nSPS) is 17.1. The van der Waals surface area contributed by atoms with E-state index in [0.717, 1.165) is 19.6 Å². The number of piperazine rings is 1. The predicted molar refractivity (Wildman–Crippen MR) is 77.5 cm³/mol. The molecule has 20 heavy (non-hydrogen) atoms. The van der Waals surface area contributed by atoms with Crippen LogP contribution in [0.25, 0.3) is 0 Å². The van der Waals surface area contributed by atoms with Crippen LogP contribution in [0.1, 0.15) is 33.6 Å². The lowest BCUT2D eigenvalue weighted by Gasteiger charge is -2.35. The minimum Gasteiger partial charge on any atom is -0.444 e. The number of hydrogen-bond acceptors (Lipinski definition) is 5. The lowest BCUT2D eigenvalue weighted by atomic mass is 10.2. The molecular formula is C14H27N3O3. The summed E-state index contributed by atoms with van der Waals surface area (Å²) < 4.78 is 5.34. The van der Waals surface area contributed by atoms with Gasteiger partial charge in [0.2, 0.25) is 0 Å². The molecule has 0 aromatic heterocycles. The third-order valence-electron chi connectivity index (χ3n) is 3.15. The van der Waals surface area contributed by atoms with Crippen LogP contribution in [0.4, 0.5) is 4.79 Å². The van der Waals surface area contributed by atoms with Gasteiger partial charge < -0.3 is 15.4 Å². The van der Waals surface area contributed by atoms with Crippen molar-refractivity contribution in [2.45, 2.75) is 39.2 Å². The van der Waals surface area contributed by atoms with Crippen LogP contribution in [0.2, 0.25) is 0 Å². The van der Waals surface area contributed by atoms with Gasteiger partial charge in [-0.25, -0.2) is 4.79 Å². The van der Waals surface area contributed by atoms with Crippen LogP contribution in [0, 0.1) is 0 Å². The van der Waals surface area contributed by atoms with E-state index in [1.165, 1.54) is 0 Å². The second kappa shape index (κ2) is 7.59. The molecule has 0 bridgehead atoms. The molecule has 6 nitrogen and oxygen atoms in total. The Labute approximate surface area is 121 Å². The first-order chi connectivity index (χ1) is 9.31. The first-order valence-electron chi connectivity index (χ1n) is 7.24. The van der Waals surface area contributed by atoms with Crippen molar-refractivity contribution in [1.29, 1.82) is 0 Å². The molecule has 1 rings (SSSR count). The predicted octanol–water partition coefficient (Wildman–Crippen LogP) is 0.847. The third kappa shape index (κ3) is 6.34. The molecule has 116 valence electrons. The van der Waals surface area contributed by atoms with Crippen LogP contribution in [0.5, 0.6) is 0 Å². The van der Waals surface area contributed by atoms with Crippen molar-refractivity contribution in [3.63, 3.8) is 0 Å². The summed E-state index contributed by atoms with van der Waals surface area (Å²) in [5.41, 5.74) is 4.89. The quantitative estimate of drug-likeness (QED) is 0.810. The lowest BCUT2D eigenvalue weighted by Crippen LogP contribution is -2.50. The summed E-state index contributed by atoms with van der Waals surface area (Å²) in [6.07, 6.45) is 0.748. The molecule has 1 amide bonds. The molecule has 0 atom stereocenters. The van der Waals surface area contributed by atoms with Crippen molar-refractivity contribution >= 4 is 11.9 Å². The first-order valence-corrected chi connectivity index (χ1v) is 7.24. The summed E-state index contributed by atoms with van der Waals surface area (Å²) in [6, 6.07) is 0. The van der Waals surface area contributed by atoms with E-state index in [0.29, 0.717) is 32.5 Å². The van der Waals surface area contributed by atoms with Gasteiger partial charge in [-0.05, 0) is 27.3 Å². The number of ketones is 1. The van der Waals surface area contributed by atoms with Crippen molar-refractivity contribution in [1.82, 2.24) is 9.80 Å². The molecule has 1 saturated heterocycles. The second-order valence-corrected chi connectivity index (χ2v) is 6.14. The van der Waals surface area contributed by atoms with E-state index in [9.17, 15) is 9.59 Å². The van der Waals surface area contributed by atoms with Crippen LogP contribution in [0.3, 0.4) is 0 Å². The Kier molecular flexibility index (Phi) is 6.42. The maximum atomic E-state index is 11.9. The monoisotopic (exact) mass is 285 g/mol. The highest BCUT2D eigenvalue weighted by Gasteiger charge is 2.25. The van der Waals surface area contributed by atoms with Gasteiger partial charge in [-0.15, -0.1) is 0 Å². The Morgan fingerprint density at radius 2 is 1.70 bits per heavy atom. The SMILES string of the molecule is CC(C)(C)OC(=O)N1CCN(CCC(=O)CCN)CC1. The van der Waals surface area contributed by atoms with Gasteiger partial charge in [0.05, 0.1) is 0 Å². The fourth-order valence-electron chi connectivity index (χ4n) is 2.05. The number of nitrogens with two attached hydrogens (primary N) is 1. The summed E-state index contributed by atoms with van der Waals surface area (Å²) in [5.74, 6) is 0.210. The molecule has 0 spiro atoms. The molecular weight excluding hydrogens is 258 g/mol. The smallest absolute Gasteiger partial charge is 0.410 e. The minimum atomic E-state index is -0.455. The molecule has 0 saturated carbocycles. The Balaban J connectivity index is 2.26. The molecule has 2 N–H and O–H groups in total. The van der Waals surface area contributed by atoms with Gasteiger partial charge in [-0.2, -0.15) is 0 Å². The van der Waals surface area contributed by atoms with Gasteiger partial charge in [-0.3, -0.25) is 9.69 Å². The Bertz CT molecular complexity index is 331. The van der Waals surface area contributed by atoms with Gasteiger partial charge in [0.25, 0.3) is 0 Å². The Morgan fingerprint density at radius 3 is 2.20 bits per heavy atom. The molecule has 1 heterocycles. The minimum absolute atomic E-state index is 0.210. The highest BCUT2D eigenvalue weighted by molar-refractivity contribution is 5.78. The zero-order valence-corrected chi connectivity index (χ0v) is 12.9. The van der Waals surface area contributed by atoms with E-state index in [2.05, 4.69) is 4.90 Å². The lowest BCUT2D eigenvalue weighted by molar-refractivity contribution is -0.119. The number of Topliss-reactive ketones (excluding diaryl/α,β-unsaturated/α-hetero) is 1. The second-order valence-electron chi connectivity index (χ2n) is 6.14. The van der Waals surface area contributed by atoms with Crippen LogP contribution < -0.4 is 5.73 Å². The fraction of sp³-hybridized carbons (Fsp3) is 0.857. The van der Waals surface area contributed by atoms with E-state index in [-0.39, 0.29) is 11.9 Å². The Hall–Kier alpha value is -1.14. The molecule has 1 fully saturated rings. The standard InChI is InChI=1S/C14H27N3O3/c1-14(2,3)20-13(19)17-10-8-16(9-11-17)7-5-12(18)4-6-15/h4-11,15H2,1-3H3. The van der Waals surface area contributed by atoms with Crippen molar-refractivity contribution in [2.24, 2.45) is 5.73 Å². The van der Waals surface area contributed by atoms with Gasteiger partial charge in [0, 0.05) is 45.6 Å². The van der Waals surface area contributed by atoms with Crippen LogP contribution in [-0.4, -0.2) is 66.5 Å². The van der Waals surface area contributed by atoms with Crippen molar-refractivity contribution in [2.75, 3.05) is 39.3 Å². The van der Waals surface area contributed by atoms with Crippen molar-refractivity contribution in [3.8, 4) is 0 Å². The third-order valence-corrected chi connectivity index (χ3v) is 3.15. The van der Waals surface area contributed by atoms with Gasteiger partial charge in [-0.1, -0.05) is 0 Å². The Morgan fingerprint density at radius 1 is 1.10 bits per heavy atom. The average molecular weight is 285 g/mol. The molecule has 0 aliphatic carbocycles. The van der Waals surface area contributed by atoms with E-state index >= 15 is 0 Å². The highest BCUT2D eigenvalue weighted by Crippen LogP contribution is 2.12. The number of amides is 1. The summed E-state index contributed by atoms with van der Waals surface area (Å²) >= 11 is 0. The number of nitrogens with zero attached hydrogens (tertiary/aromatic N) is 2. The molecule has 0 unspecified atom stereocenters. The molecule has 6 heteroatoms. The maximum absolute atomic E-state index is 11.9. The molecule has 0 aromatic rings. The first kappa shape index (κ1) is 16.9. The van der Waals surface area contributed by atoms with E-state index < -0.39 is 5.60 Å². The zero-order chi connectivity index (χ0) is 15.2. The largest absolute Gasteiger partial charge is 0.444 e. The van der Waals surface area contributed by atoms with Gasteiger partial charge >= 0.3 is 6.09 Å². The highest BCUT2D eigenvalue weighted by atomic mass is 16.6. The van der Waals surface area contributed by atoms with Crippen LogP contribution in [-0.2, 0) is 9.53 Å². The number of carbonyl (C=O) groups excluding carboxylic acids is 2. The van der Waals surface area contributed by atoms with Crippen LogP contribution in [0.15, 0.2) is 0 Å². The molecule has 0 radical (unpaired) electrons. The van der Waals surface area contributed by atoms with E-state index in [1.54, 1.807) is 4.90 Å². The summed E-state index contributed by atoms with van der Waals surface area (Å²) in [6.45, 7) is 9.65. The summed E-state index contributed by atoms with van der Waals surface area (Å²) in [5, 5.41) is 0. The number of carbonyl (C=O) groups is 2. The molecule has 1 aliphatic heterocycles. The molecule has 1 aliphatic rings. The summed E-state index contributed by atoms with van der Waals surface area (Å²) in [4.78, 5) is 27.2. The maximum Gasteiger partial charge on any atom is 0.410 e. The average Bonchev–Trinajstić information content (AvgIpc) is 2.35. The van der Waals surface area contributed by atoms with Crippen molar-refractivity contribution in [3.05, 3.63) is 0 Å². The van der Waals surface area contributed by atoms with E-state index in [1.807, 2.05) is 20.8 Å². The number of ether oxygens (including phenoxy) is 1. The van der Waals surface area contributed by atoms with Gasteiger partial charge in [0.1, 0.15) is 11.4 Å². The topological polar surface area (TPSA) is 75.9 Å².